The van der Waals surface area contributed by atoms with Crippen molar-refractivity contribution in [1.29, 1.82) is 0 Å². The summed E-state index contributed by atoms with van der Waals surface area (Å²) in [7, 11) is 0. The zero-order chi connectivity index (χ0) is 13.3. The molecule has 0 bridgehead atoms. The summed E-state index contributed by atoms with van der Waals surface area (Å²) in [6.07, 6.45) is 1.89. The summed E-state index contributed by atoms with van der Waals surface area (Å²) >= 11 is 5.91. The van der Waals surface area contributed by atoms with Crippen LogP contribution < -0.4 is 0 Å². The summed E-state index contributed by atoms with van der Waals surface area (Å²) in [6, 6.07) is 6.44. The first-order valence-electron chi connectivity index (χ1n) is 6.54. The van der Waals surface area contributed by atoms with Gasteiger partial charge in [-0.2, -0.15) is 0 Å². The van der Waals surface area contributed by atoms with Crippen molar-refractivity contribution in [2.75, 3.05) is 5.88 Å². The van der Waals surface area contributed by atoms with Gasteiger partial charge >= 0.3 is 0 Å². The molecule has 2 aromatic rings. The molecular weight excluding hydrogens is 244 g/mol. The normalized spacial score (nSPS) is 12.3. The zero-order valence-electron chi connectivity index (χ0n) is 11.6. The number of aromatic nitrogens is 2. The fourth-order valence-electron chi connectivity index (χ4n) is 2.32. The molecule has 0 aliphatic heterocycles. The molecule has 0 amide bonds. The van der Waals surface area contributed by atoms with Crippen LogP contribution in [0, 0.1) is 6.92 Å². The van der Waals surface area contributed by atoms with Gasteiger partial charge in [-0.05, 0) is 44.9 Å². The number of rotatable bonds is 4. The Morgan fingerprint density at radius 3 is 2.67 bits per heavy atom. The smallest absolute Gasteiger partial charge is 0.111 e. The van der Waals surface area contributed by atoms with Crippen LogP contribution in [0.2, 0.25) is 0 Å². The number of nitrogens with zero attached hydrogens (tertiary/aromatic N) is 2. The summed E-state index contributed by atoms with van der Waals surface area (Å²) in [5, 5.41) is 0. The second kappa shape index (κ2) is 4.93. The molecule has 0 aliphatic rings. The van der Waals surface area contributed by atoms with Crippen molar-refractivity contribution >= 4 is 22.6 Å². The van der Waals surface area contributed by atoms with E-state index in [1.807, 2.05) is 0 Å². The lowest BCUT2D eigenvalue weighted by atomic mass is 10.0. The minimum absolute atomic E-state index is 0.0733. The third kappa shape index (κ3) is 2.26. The lowest BCUT2D eigenvalue weighted by Crippen LogP contribution is -2.27. The van der Waals surface area contributed by atoms with E-state index in [0.29, 0.717) is 5.88 Å². The third-order valence-electron chi connectivity index (χ3n) is 3.67. The number of halogens is 1. The van der Waals surface area contributed by atoms with Crippen LogP contribution in [0.15, 0.2) is 18.2 Å². The number of aryl methyl sites for hydroxylation is 2. The molecule has 1 aromatic carbocycles. The Labute approximate surface area is 114 Å². The van der Waals surface area contributed by atoms with Crippen molar-refractivity contribution in [1.82, 2.24) is 9.55 Å². The summed E-state index contributed by atoms with van der Waals surface area (Å²) in [5.41, 5.74) is 3.64. The van der Waals surface area contributed by atoms with Crippen LogP contribution in [0.1, 0.15) is 38.6 Å². The van der Waals surface area contributed by atoms with Crippen molar-refractivity contribution in [2.24, 2.45) is 0 Å². The molecule has 0 atom stereocenters. The van der Waals surface area contributed by atoms with Gasteiger partial charge in [-0.1, -0.05) is 13.0 Å². The molecule has 2 nitrogen and oxygen atoms in total. The number of benzene rings is 1. The van der Waals surface area contributed by atoms with Gasteiger partial charge in [0.2, 0.25) is 0 Å². The van der Waals surface area contributed by atoms with Crippen LogP contribution in [0.25, 0.3) is 11.0 Å². The molecule has 0 spiro atoms. The largest absolute Gasteiger partial charge is 0.322 e. The Morgan fingerprint density at radius 1 is 1.33 bits per heavy atom. The number of alkyl halides is 1. The fourth-order valence-corrected chi connectivity index (χ4v) is 2.49. The maximum atomic E-state index is 5.91. The summed E-state index contributed by atoms with van der Waals surface area (Å²) in [4.78, 5) is 4.74. The van der Waals surface area contributed by atoms with Gasteiger partial charge in [0.1, 0.15) is 5.82 Å². The van der Waals surface area contributed by atoms with Crippen molar-refractivity contribution < 1.29 is 0 Å². The van der Waals surface area contributed by atoms with Crippen molar-refractivity contribution in [3.8, 4) is 0 Å². The third-order valence-corrected chi connectivity index (χ3v) is 3.86. The molecule has 0 radical (unpaired) electrons. The Bertz CT molecular complexity index is 555. The van der Waals surface area contributed by atoms with E-state index in [0.717, 1.165) is 24.2 Å². The number of imidazole rings is 1. The molecule has 3 heteroatoms. The fraction of sp³-hybridized carbons (Fsp3) is 0.533. The van der Waals surface area contributed by atoms with Crippen molar-refractivity contribution in [3.05, 3.63) is 29.6 Å². The lowest BCUT2D eigenvalue weighted by Gasteiger charge is -2.28. The SMILES string of the molecule is CCC(C)(C)n1c(CCCl)nc2ccc(C)cc21. The molecular formula is C15H21ClN2. The average molecular weight is 265 g/mol. The molecule has 1 aromatic heterocycles. The first-order chi connectivity index (χ1) is 8.49. The van der Waals surface area contributed by atoms with Gasteiger partial charge in [0.15, 0.2) is 0 Å². The van der Waals surface area contributed by atoms with Crippen molar-refractivity contribution in [3.63, 3.8) is 0 Å². The van der Waals surface area contributed by atoms with Crippen molar-refractivity contribution in [2.45, 2.75) is 46.1 Å². The summed E-state index contributed by atoms with van der Waals surface area (Å²) in [6.45, 7) is 8.85. The minimum atomic E-state index is 0.0733. The first-order valence-corrected chi connectivity index (χ1v) is 7.07. The lowest BCUT2D eigenvalue weighted by molar-refractivity contribution is 0.342. The molecule has 1 heterocycles. The van der Waals surface area contributed by atoms with E-state index in [-0.39, 0.29) is 5.54 Å². The van der Waals surface area contributed by atoms with Gasteiger partial charge in [0.25, 0.3) is 0 Å². The van der Waals surface area contributed by atoms with Gasteiger partial charge in [-0.15, -0.1) is 11.6 Å². The molecule has 0 aliphatic carbocycles. The molecule has 0 N–H and O–H groups in total. The molecule has 0 unspecified atom stereocenters. The Kier molecular flexibility index (Phi) is 3.67. The van der Waals surface area contributed by atoms with E-state index in [1.165, 1.54) is 11.1 Å². The van der Waals surface area contributed by atoms with E-state index in [1.54, 1.807) is 0 Å². The van der Waals surface area contributed by atoms with E-state index in [9.17, 15) is 0 Å². The zero-order valence-corrected chi connectivity index (χ0v) is 12.4. The quantitative estimate of drug-likeness (QED) is 0.754. The van der Waals surface area contributed by atoms with E-state index >= 15 is 0 Å². The second-order valence-corrected chi connectivity index (χ2v) is 5.84. The average Bonchev–Trinajstić information content (AvgIpc) is 2.67. The number of fused-ring (bicyclic) bond motifs is 1. The topological polar surface area (TPSA) is 17.8 Å². The minimum Gasteiger partial charge on any atom is -0.322 e. The van der Waals surface area contributed by atoms with E-state index in [2.05, 4.69) is 50.5 Å². The molecule has 0 fully saturated rings. The molecule has 0 saturated heterocycles. The first kappa shape index (κ1) is 13.4. The molecule has 98 valence electrons. The van der Waals surface area contributed by atoms with Crippen LogP contribution in [0.3, 0.4) is 0 Å². The number of hydrogen-bond acceptors (Lipinski definition) is 1. The van der Waals surface area contributed by atoms with Crippen LogP contribution in [0.5, 0.6) is 0 Å². The molecule has 18 heavy (non-hydrogen) atoms. The van der Waals surface area contributed by atoms with Crippen LogP contribution in [0.4, 0.5) is 0 Å². The maximum absolute atomic E-state index is 5.91. The molecule has 0 saturated carbocycles. The van der Waals surface area contributed by atoms with Gasteiger partial charge in [-0.25, -0.2) is 4.98 Å². The van der Waals surface area contributed by atoms with Gasteiger partial charge in [0.05, 0.1) is 11.0 Å². The highest BCUT2D eigenvalue weighted by Gasteiger charge is 2.23. The highest BCUT2D eigenvalue weighted by Crippen LogP contribution is 2.28. The van der Waals surface area contributed by atoms with Gasteiger partial charge < -0.3 is 4.57 Å². The van der Waals surface area contributed by atoms with E-state index in [4.69, 9.17) is 16.6 Å². The Morgan fingerprint density at radius 2 is 2.06 bits per heavy atom. The predicted molar refractivity (Wildman–Crippen MR) is 78.5 cm³/mol. The summed E-state index contributed by atoms with van der Waals surface area (Å²) in [5.74, 6) is 1.71. The highest BCUT2D eigenvalue weighted by atomic mass is 35.5. The van der Waals surface area contributed by atoms with Crippen LogP contribution in [-0.2, 0) is 12.0 Å². The van der Waals surface area contributed by atoms with Crippen LogP contribution >= 0.6 is 11.6 Å². The van der Waals surface area contributed by atoms with Gasteiger partial charge in [-0.3, -0.25) is 0 Å². The maximum Gasteiger partial charge on any atom is 0.111 e. The highest BCUT2D eigenvalue weighted by molar-refractivity contribution is 6.17. The monoisotopic (exact) mass is 264 g/mol. The predicted octanol–water partition coefficient (Wildman–Crippen LogP) is 4.27. The van der Waals surface area contributed by atoms with E-state index < -0.39 is 0 Å². The molecule has 2 rings (SSSR count). The number of hydrogen-bond donors (Lipinski definition) is 0. The summed E-state index contributed by atoms with van der Waals surface area (Å²) < 4.78 is 2.36. The Balaban J connectivity index is 2.72. The van der Waals surface area contributed by atoms with Crippen LogP contribution in [-0.4, -0.2) is 15.4 Å². The standard InChI is InChI=1S/C15H21ClN2/c1-5-15(3,4)18-13-10-11(2)6-7-12(13)17-14(18)8-9-16/h6-7,10H,5,8-9H2,1-4H3. The van der Waals surface area contributed by atoms with Gasteiger partial charge in [0, 0.05) is 17.8 Å². The Hall–Kier alpha value is -1.02. The second-order valence-electron chi connectivity index (χ2n) is 5.46.